The minimum atomic E-state index is -0.0414. The van der Waals surface area contributed by atoms with E-state index in [0.29, 0.717) is 12.1 Å². The molecule has 0 radical (unpaired) electrons. The lowest BCUT2D eigenvalue weighted by atomic mass is 10.2. The Morgan fingerprint density at radius 2 is 2.00 bits per heavy atom. The zero-order valence-electron chi connectivity index (χ0n) is 12.8. The Morgan fingerprint density at radius 3 is 2.74 bits per heavy atom. The molecule has 2 heterocycles. The largest absolute Gasteiger partial charge is 0.352 e. The molecule has 4 nitrogen and oxygen atoms in total. The fraction of sp³-hybridized carbons (Fsp3) is 0.167. The first-order chi connectivity index (χ1) is 11.2. The molecule has 0 aliphatic heterocycles. The molecule has 0 fully saturated rings. The Hall–Kier alpha value is -2.53. The van der Waals surface area contributed by atoms with E-state index in [1.165, 1.54) is 4.88 Å². The molecule has 0 bridgehead atoms. The standard InChI is InChI=1S/C18H17N3OS/c1-13-16(23-18(21-13)15-8-5-10-19-12-15)9-11-20-17(22)14-6-3-2-4-7-14/h2-8,10,12H,9,11H2,1H3,(H,20,22). The number of pyridine rings is 1. The third-order valence-corrected chi connectivity index (χ3v) is 4.74. The predicted octanol–water partition coefficient (Wildman–Crippen LogP) is 3.49. The lowest BCUT2D eigenvalue weighted by Gasteiger charge is -2.04. The molecular weight excluding hydrogens is 306 g/mol. The van der Waals surface area contributed by atoms with E-state index in [9.17, 15) is 4.79 Å². The SMILES string of the molecule is Cc1nc(-c2cccnc2)sc1CCNC(=O)c1ccccc1. The van der Waals surface area contributed by atoms with Crippen LogP contribution in [0.15, 0.2) is 54.9 Å². The van der Waals surface area contributed by atoms with E-state index in [1.54, 1.807) is 17.5 Å². The van der Waals surface area contributed by atoms with Crippen molar-refractivity contribution in [3.8, 4) is 10.6 Å². The number of carbonyl (C=O) groups is 1. The summed E-state index contributed by atoms with van der Waals surface area (Å²) in [5, 5.41) is 3.92. The summed E-state index contributed by atoms with van der Waals surface area (Å²) in [4.78, 5) is 21.9. The van der Waals surface area contributed by atoms with E-state index in [-0.39, 0.29) is 5.91 Å². The van der Waals surface area contributed by atoms with Crippen molar-refractivity contribution in [2.75, 3.05) is 6.54 Å². The zero-order valence-corrected chi connectivity index (χ0v) is 13.6. The van der Waals surface area contributed by atoms with Gasteiger partial charge in [0.15, 0.2) is 0 Å². The van der Waals surface area contributed by atoms with Gasteiger partial charge < -0.3 is 5.32 Å². The van der Waals surface area contributed by atoms with Crippen molar-refractivity contribution >= 4 is 17.2 Å². The summed E-state index contributed by atoms with van der Waals surface area (Å²) in [6, 6.07) is 13.2. The van der Waals surface area contributed by atoms with Crippen LogP contribution in [0.25, 0.3) is 10.6 Å². The van der Waals surface area contributed by atoms with Crippen molar-refractivity contribution in [2.45, 2.75) is 13.3 Å². The number of aromatic nitrogens is 2. The van der Waals surface area contributed by atoms with E-state index in [2.05, 4.69) is 15.3 Å². The Morgan fingerprint density at radius 1 is 1.17 bits per heavy atom. The van der Waals surface area contributed by atoms with Gasteiger partial charge in [-0.1, -0.05) is 18.2 Å². The summed E-state index contributed by atoms with van der Waals surface area (Å²) in [7, 11) is 0. The molecule has 116 valence electrons. The van der Waals surface area contributed by atoms with Crippen LogP contribution in [0.5, 0.6) is 0 Å². The van der Waals surface area contributed by atoms with E-state index in [0.717, 1.165) is 22.7 Å². The van der Waals surface area contributed by atoms with Crippen LogP contribution >= 0.6 is 11.3 Å². The molecule has 23 heavy (non-hydrogen) atoms. The number of aryl methyl sites for hydroxylation is 1. The van der Waals surface area contributed by atoms with Crippen LogP contribution in [0.2, 0.25) is 0 Å². The number of carbonyl (C=O) groups excluding carboxylic acids is 1. The van der Waals surface area contributed by atoms with Gasteiger partial charge in [-0.25, -0.2) is 4.98 Å². The van der Waals surface area contributed by atoms with Gasteiger partial charge >= 0.3 is 0 Å². The van der Waals surface area contributed by atoms with Crippen molar-refractivity contribution < 1.29 is 4.79 Å². The van der Waals surface area contributed by atoms with Crippen molar-refractivity contribution in [3.63, 3.8) is 0 Å². The third-order valence-electron chi connectivity index (χ3n) is 3.47. The molecule has 0 aliphatic rings. The van der Waals surface area contributed by atoms with Gasteiger partial charge in [-0.05, 0) is 31.2 Å². The molecule has 0 saturated heterocycles. The maximum absolute atomic E-state index is 12.0. The third kappa shape index (κ3) is 3.81. The first-order valence-electron chi connectivity index (χ1n) is 7.44. The number of nitrogens with zero attached hydrogens (tertiary/aromatic N) is 2. The number of hydrogen-bond acceptors (Lipinski definition) is 4. The maximum Gasteiger partial charge on any atom is 0.251 e. The van der Waals surface area contributed by atoms with Gasteiger partial charge in [-0.2, -0.15) is 0 Å². The highest BCUT2D eigenvalue weighted by atomic mass is 32.1. The molecule has 5 heteroatoms. The average molecular weight is 323 g/mol. The molecule has 0 atom stereocenters. The zero-order chi connectivity index (χ0) is 16.1. The Kier molecular flexibility index (Phi) is 4.78. The van der Waals surface area contributed by atoms with Gasteiger partial charge in [0.05, 0.1) is 5.69 Å². The quantitative estimate of drug-likeness (QED) is 0.782. The number of benzene rings is 1. The molecule has 2 aromatic heterocycles. The number of nitrogens with one attached hydrogen (secondary N) is 1. The van der Waals surface area contributed by atoms with Crippen molar-refractivity contribution in [1.82, 2.24) is 15.3 Å². The molecule has 0 unspecified atom stereocenters. The fourth-order valence-corrected chi connectivity index (χ4v) is 3.31. The highest BCUT2D eigenvalue weighted by molar-refractivity contribution is 7.15. The highest BCUT2D eigenvalue weighted by Gasteiger charge is 2.10. The summed E-state index contributed by atoms with van der Waals surface area (Å²) in [6.07, 6.45) is 4.35. The summed E-state index contributed by atoms with van der Waals surface area (Å²) in [5.41, 5.74) is 2.73. The summed E-state index contributed by atoms with van der Waals surface area (Å²) < 4.78 is 0. The first-order valence-corrected chi connectivity index (χ1v) is 8.25. The number of rotatable bonds is 5. The minimum Gasteiger partial charge on any atom is -0.352 e. The van der Waals surface area contributed by atoms with Crippen molar-refractivity contribution in [3.05, 3.63) is 71.0 Å². The van der Waals surface area contributed by atoms with Crippen LogP contribution < -0.4 is 5.32 Å². The van der Waals surface area contributed by atoms with Crippen LogP contribution in [0, 0.1) is 6.92 Å². The molecule has 1 N–H and O–H groups in total. The molecule has 3 rings (SSSR count). The summed E-state index contributed by atoms with van der Waals surface area (Å²) in [6.45, 7) is 2.61. The van der Waals surface area contributed by atoms with Crippen LogP contribution in [0.1, 0.15) is 20.9 Å². The van der Waals surface area contributed by atoms with E-state index in [1.807, 2.05) is 55.6 Å². The van der Waals surface area contributed by atoms with Crippen LogP contribution in [-0.2, 0) is 6.42 Å². The highest BCUT2D eigenvalue weighted by Crippen LogP contribution is 2.27. The Bertz CT molecular complexity index is 785. The Balaban J connectivity index is 1.61. The number of hydrogen-bond donors (Lipinski definition) is 1. The Labute approximate surface area is 139 Å². The van der Waals surface area contributed by atoms with E-state index < -0.39 is 0 Å². The van der Waals surface area contributed by atoms with Gasteiger partial charge in [-0.3, -0.25) is 9.78 Å². The fourth-order valence-electron chi connectivity index (χ4n) is 2.25. The lowest BCUT2D eigenvalue weighted by Crippen LogP contribution is -2.25. The van der Waals surface area contributed by atoms with Gasteiger partial charge in [0.1, 0.15) is 5.01 Å². The maximum atomic E-state index is 12.0. The molecular formula is C18H17N3OS. The van der Waals surface area contributed by atoms with E-state index in [4.69, 9.17) is 0 Å². The van der Waals surface area contributed by atoms with Crippen molar-refractivity contribution in [1.29, 1.82) is 0 Å². The molecule has 0 spiro atoms. The molecule has 1 amide bonds. The van der Waals surface area contributed by atoms with Crippen molar-refractivity contribution in [2.24, 2.45) is 0 Å². The smallest absolute Gasteiger partial charge is 0.251 e. The normalized spacial score (nSPS) is 10.5. The predicted molar refractivity (Wildman–Crippen MR) is 92.6 cm³/mol. The second kappa shape index (κ2) is 7.15. The van der Waals surface area contributed by atoms with Gasteiger partial charge in [0.25, 0.3) is 5.91 Å². The van der Waals surface area contributed by atoms with Gasteiger partial charge in [0.2, 0.25) is 0 Å². The topological polar surface area (TPSA) is 54.9 Å². The van der Waals surface area contributed by atoms with Crippen LogP contribution in [0.4, 0.5) is 0 Å². The second-order valence-electron chi connectivity index (χ2n) is 5.14. The summed E-state index contributed by atoms with van der Waals surface area (Å²) in [5.74, 6) is -0.0414. The second-order valence-corrected chi connectivity index (χ2v) is 6.22. The lowest BCUT2D eigenvalue weighted by molar-refractivity contribution is 0.0954. The van der Waals surface area contributed by atoms with Crippen LogP contribution in [-0.4, -0.2) is 22.4 Å². The molecule has 1 aromatic carbocycles. The molecule has 3 aromatic rings. The first kappa shape index (κ1) is 15.4. The van der Waals surface area contributed by atoms with Gasteiger partial charge in [0, 0.05) is 41.4 Å². The molecule has 0 aliphatic carbocycles. The number of thiazole rings is 1. The monoisotopic (exact) mass is 323 g/mol. The average Bonchev–Trinajstić information content (AvgIpc) is 2.97. The minimum absolute atomic E-state index is 0.0414. The van der Waals surface area contributed by atoms with E-state index >= 15 is 0 Å². The number of amides is 1. The molecule has 0 saturated carbocycles. The van der Waals surface area contributed by atoms with Gasteiger partial charge in [-0.15, -0.1) is 11.3 Å². The van der Waals surface area contributed by atoms with Crippen LogP contribution in [0.3, 0.4) is 0 Å². The summed E-state index contributed by atoms with van der Waals surface area (Å²) >= 11 is 1.66.